The van der Waals surface area contributed by atoms with Gasteiger partial charge < -0.3 is 5.32 Å². The van der Waals surface area contributed by atoms with Gasteiger partial charge >= 0.3 is 6.18 Å². The topological polar surface area (TPSA) is 32.3 Å². The van der Waals surface area contributed by atoms with Gasteiger partial charge in [-0.05, 0) is 65.8 Å². The van der Waals surface area contributed by atoms with Gasteiger partial charge in [0.05, 0.1) is 11.6 Å². The smallest absolute Gasteiger partial charge is 0.352 e. The highest BCUT2D eigenvalue weighted by atomic mass is 19.4. The Bertz CT molecular complexity index is 1330. The largest absolute Gasteiger partial charge is 0.416 e. The highest BCUT2D eigenvalue weighted by molar-refractivity contribution is 6.00. The number of piperidine rings is 1. The maximum atomic E-state index is 13.3. The Balaban J connectivity index is 1.29. The average molecular weight is 529 g/mol. The number of nitrogens with one attached hydrogen (secondary N) is 1. The molecule has 3 nitrogen and oxygen atoms in total. The van der Waals surface area contributed by atoms with Gasteiger partial charge in [-0.2, -0.15) is 13.2 Å². The summed E-state index contributed by atoms with van der Waals surface area (Å²) in [7, 11) is 0. The van der Waals surface area contributed by atoms with Crippen molar-refractivity contribution in [2.24, 2.45) is 5.92 Å². The first-order valence-electron chi connectivity index (χ1n) is 13.3. The minimum Gasteiger partial charge on any atom is -0.352 e. The van der Waals surface area contributed by atoms with E-state index in [1.807, 2.05) is 12.1 Å². The lowest BCUT2D eigenvalue weighted by Gasteiger charge is -2.39. The van der Waals surface area contributed by atoms with Crippen LogP contribution in [0.2, 0.25) is 0 Å². The molecule has 0 saturated carbocycles. The predicted octanol–water partition coefficient (Wildman–Crippen LogP) is 7.60. The third-order valence-corrected chi connectivity index (χ3v) is 7.39. The maximum Gasteiger partial charge on any atom is 0.416 e. The summed E-state index contributed by atoms with van der Waals surface area (Å²) < 4.78 is 39.0. The second-order valence-electron chi connectivity index (χ2n) is 10.1. The first kappa shape index (κ1) is 26.7. The van der Waals surface area contributed by atoms with Gasteiger partial charge in [-0.1, -0.05) is 91.0 Å². The van der Waals surface area contributed by atoms with Gasteiger partial charge in [-0.25, -0.2) is 0 Å². The molecule has 1 aliphatic rings. The Morgan fingerprint density at radius 3 is 2.03 bits per heavy atom. The molecule has 0 bridgehead atoms. The molecule has 200 valence electrons. The molecule has 4 aromatic carbocycles. The number of amides is 1. The van der Waals surface area contributed by atoms with E-state index in [-0.39, 0.29) is 17.9 Å². The van der Waals surface area contributed by atoms with E-state index in [9.17, 15) is 18.0 Å². The van der Waals surface area contributed by atoms with Crippen molar-refractivity contribution >= 4 is 5.91 Å². The van der Waals surface area contributed by atoms with Crippen LogP contribution in [0.3, 0.4) is 0 Å². The van der Waals surface area contributed by atoms with Crippen LogP contribution in [0.15, 0.2) is 109 Å². The van der Waals surface area contributed by atoms with Crippen LogP contribution in [-0.2, 0) is 6.18 Å². The number of likely N-dealkylation sites (tertiary alicyclic amines) is 1. The number of rotatable bonds is 7. The lowest BCUT2D eigenvalue weighted by Crippen LogP contribution is -2.42. The lowest BCUT2D eigenvalue weighted by atomic mass is 9.91. The van der Waals surface area contributed by atoms with Gasteiger partial charge in [0.15, 0.2) is 0 Å². The summed E-state index contributed by atoms with van der Waals surface area (Å²) in [6.07, 6.45) is -2.34. The van der Waals surface area contributed by atoms with Crippen LogP contribution >= 0.6 is 0 Å². The summed E-state index contributed by atoms with van der Waals surface area (Å²) in [5, 5.41) is 3.11. The Labute approximate surface area is 227 Å². The number of carbonyl (C=O) groups excluding carboxylic acids is 1. The summed E-state index contributed by atoms with van der Waals surface area (Å²) in [4.78, 5) is 15.8. The first-order valence-corrected chi connectivity index (χ1v) is 13.3. The number of hydrogen-bond donors (Lipinski definition) is 1. The van der Waals surface area contributed by atoms with Gasteiger partial charge in [0.25, 0.3) is 5.91 Å². The first-order chi connectivity index (χ1) is 18.9. The summed E-state index contributed by atoms with van der Waals surface area (Å²) >= 11 is 0. The van der Waals surface area contributed by atoms with E-state index in [2.05, 4.69) is 58.7 Å². The Hall–Kier alpha value is -3.90. The highest BCUT2D eigenvalue weighted by Gasteiger charge is 2.30. The van der Waals surface area contributed by atoms with Crippen molar-refractivity contribution in [3.8, 4) is 11.1 Å². The summed E-state index contributed by atoms with van der Waals surface area (Å²) in [5.74, 6) is 0.0705. The molecule has 5 rings (SSSR count). The normalized spacial score (nSPS) is 16.3. The SMILES string of the molecule is O=C(NCC1CCCN(C(c2ccccc2)c2ccccc2)C1)c1ccccc1-c1ccc(C(F)(F)F)cc1. The molecule has 1 unspecified atom stereocenters. The predicted molar refractivity (Wildman–Crippen MR) is 148 cm³/mol. The number of benzene rings is 4. The molecule has 1 amide bonds. The van der Waals surface area contributed by atoms with Crippen molar-refractivity contribution in [3.63, 3.8) is 0 Å². The Morgan fingerprint density at radius 2 is 1.41 bits per heavy atom. The van der Waals surface area contributed by atoms with E-state index in [0.717, 1.165) is 38.1 Å². The second kappa shape index (κ2) is 11.9. The number of alkyl halides is 3. The van der Waals surface area contributed by atoms with Crippen LogP contribution in [-0.4, -0.2) is 30.4 Å². The Morgan fingerprint density at radius 1 is 0.821 bits per heavy atom. The van der Waals surface area contributed by atoms with Crippen LogP contribution in [0.1, 0.15) is 45.9 Å². The minimum absolute atomic E-state index is 0.145. The molecule has 0 spiro atoms. The molecule has 0 aliphatic carbocycles. The quantitative estimate of drug-likeness (QED) is 0.268. The average Bonchev–Trinajstić information content (AvgIpc) is 2.97. The van der Waals surface area contributed by atoms with Crippen LogP contribution in [0, 0.1) is 5.92 Å². The van der Waals surface area contributed by atoms with Gasteiger partial charge in [0.1, 0.15) is 0 Å². The van der Waals surface area contributed by atoms with Crippen LogP contribution in [0.4, 0.5) is 13.2 Å². The molecular weight excluding hydrogens is 497 g/mol. The molecule has 0 radical (unpaired) electrons. The number of carbonyl (C=O) groups is 1. The number of halogens is 3. The van der Waals surface area contributed by atoms with Crippen molar-refractivity contribution in [1.82, 2.24) is 10.2 Å². The van der Waals surface area contributed by atoms with Crippen molar-refractivity contribution < 1.29 is 18.0 Å². The number of hydrogen-bond acceptors (Lipinski definition) is 2. The fourth-order valence-electron chi connectivity index (χ4n) is 5.49. The van der Waals surface area contributed by atoms with E-state index >= 15 is 0 Å². The molecule has 1 heterocycles. The summed E-state index contributed by atoms with van der Waals surface area (Å²) in [6, 6.07) is 33.1. The Kier molecular flexibility index (Phi) is 8.13. The second-order valence-corrected chi connectivity index (χ2v) is 10.1. The fraction of sp³-hybridized carbons (Fsp3) is 0.242. The summed E-state index contributed by atoms with van der Waals surface area (Å²) in [5.41, 5.74) is 3.43. The van der Waals surface area contributed by atoms with Crippen molar-refractivity contribution in [2.75, 3.05) is 19.6 Å². The van der Waals surface area contributed by atoms with Gasteiger partial charge in [-0.3, -0.25) is 9.69 Å². The molecule has 4 aromatic rings. The standard InChI is InChI=1S/C33H31F3N2O/c34-33(35,36)28-19-17-25(18-20-28)29-15-7-8-16-30(29)32(39)37-22-24-10-9-21-38(23-24)31(26-11-3-1-4-12-26)27-13-5-2-6-14-27/h1-8,11-20,24,31H,9-10,21-23H2,(H,37,39). The maximum absolute atomic E-state index is 13.3. The third kappa shape index (κ3) is 6.40. The molecule has 6 heteroatoms. The molecule has 0 aromatic heterocycles. The number of nitrogens with zero attached hydrogens (tertiary/aromatic N) is 1. The van der Waals surface area contributed by atoms with E-state index in [1.54, 1.807) is 24.3 Å². The van der Waals surface area contributed by atoms with E-state index < -0.39 is 11.7 Å². The van der Waals surface area contributed by atoms with Crippen molar-refractivity contribution in [1.29, 1.82) is 0 Å². The molecule has 39 heavy (non-hydrogen) atoms. The van der Waals surface area contributed by atoms with Crippen molar-refractivity contribution in [3.05, 3.63) is 131 Å². The monoisotopic (exact) mass is 528 g/mol. The lowest BCUT2D eigenvalue weighted by molar-refractivity contribution is -0.137. The fourth-order valence-corrected chi connectivity index (χ4v) is 5.49. The molecule has 1 atom stereocenters. The van der Waals surface area contributed by atoms with Gasteiger partial charge in [-0.15, -0.1) is 0 Å². The van der Waals surface area contributed by atoms with Crippen molar-refractivity contribution in [2.45, 2.75) is 25.1 Å². The van der Waals surface area contributed by atoms with E-state index in [0.29, 0.717) is 23.2 Å². The van der Waals surface area contributed by atoms with E-state index in [1.165, 1.54) is 23.3 Å². The zero-order valence-corrected chi connectivity index (χ0v) is 21.6. The van der Waals surface area contributed by atoms with Crippen LogP contribution in [0.5, 0.6) is 0 Å². The van der Waals surface area contributed by atoms with Crippen LogP contribution < -0.4 is 5.32 Å². The van der Waals surface area contributed by atoms with Gasteiger partial charge in [0.2, 0.25) is 0 Å². The molecular formula is C33H31F3N2O. The van der Waals surface area contributed by atoms with Gasteiger partial charge in [0, 0.05) is 18.7 Å². The minimum atomic E-state index is -4.40. The zero-order chi connectivity index (χ0) is 27.2. The van der Waals surface area contributed by atoms with E-state index in [4.69, 9.17) is 0 Å². The molecule has 1 saturated heterocycles. The van der Waals surface area contributed by atoms with Crippen LogP contribution in [0.25, 0.3) is 11.1 Å². The third-order valence-electron chi connectivity index (χ3n) is 7.39. The summed E-state index contributed by atoms with van der Waals surface area (Å²) in [6.45, 7) is 2.37. The molecule has 1 N–H and O–H groups in total. The highest BCUT2D eigenvalue weighted by Crippen LogP contribution is 2.33. The molecule has 1 aliphatic heterocycles. The zero-order valence-electron chi connectivity index (χ0n) is 21.6. The molecule has 1 fully saturated rings.